The van der Waals surface area contributed by atoms with E-state index in [9.17, 15) is 9.90 Å². The Hall–Kier alpha value is -1.55. The molecule has 2 unspecified atom stereocenters. The first kappa shape index (κ1) is 15.3. The van der Waals surface area contributed by atoms with Gasteiger partial charge in [-0.25, -0.2) is 0 Å². The number of carbonyl (C=O) groups is 1. The number of nitrogens with one attached hydrogen (secondary N) is 1. The van der Waals surface area contributed by atoms with Crippen LogP contribution in [0.15, 0.2) is 12.1 Å². The first-order chi connectivity index (χ1) is 10.5. The van der Waals surface area contributed by atoms with Crippen molar-refractivity contribution in [1.82, 2.24) is 5.32 Å². The molecule has 4 nitrogen and oxygen atoms in total. The highest BCUT2D eigenvalue weighted by atomic mass is 16.5. The molecule has 0 amide bonds. The first-order valence-electron chi connectivity index (χ1n) is 8.24. The van der Waals surface area contributed by atoms with Gasteiger partial charge in [0.15, 0.2) is 0 Å². The van der Waals surface area contributed by atoms with Gasteiger partial charge in [0.25, 0.3) is 0 Å². The Morgan fingerprint density at radius 3 is 2.64 bits per heavy atom. The van der Waals surface area contributed by atoms with Gasteiger partial charge in [0.2, 0.25) is 0 Å². The van der Waals surface area contributed by atoms with E-state index in [0.29, 0.717) is 18.9 Å². The van der Waals surface area contributed by atoms with Crippen LogP contribution in [0.5, 0.6) is 5.75 Å². The molecular weight excluding hydrogens is 278 g/mol. The molecule has 2 N–H and O–H groups in total. The molecule has 1 heterocycles. The summed E-state index contributed by atoms with van der Waals surface area (Å²) in [6.45, 7) is 5.51. The van der Waals surface area contributed by atoms with Gasteiger partial charge in [-0.15, -0.1) is 0 Å². The SMILES string of the molecule is Cc1cc(OCC2CCC2)c(C2CC(C(=O)O)CN2)cc1C. The van der Waals surface area contributed by atoms with Crippen molar-refractivity contribution in [2.24, 2.45) is 11.8 Å². The van der Waals surface area contributed by atoms with E-state index in [4.69, 9.17) is 4.74 Å². The molecule has 2 fully saturated rings. The second-order valence-electron chi connectivity index (χ2n) is 6.81. The van der Waals surface area contributed by atoms with E-state index in [2.05, 4.69) is 31.3 Å². The van der Waals surface area contributed by atoms with E-state index in [-0.39, 0.29) is 12.0 Å². The number of carboxylic acids is 1. The number of rotatable bonds is 5. The van der Waals surface area contributed by atoms with Crippen molar-refractivity contribution in [3.05, 3.63) is 28.8 Å². The number of aryl methyl sites for hydroxylation is 2. The van der Waals surface area contributed by atoms with E-state index in [0.717, 1.165) is 17.9 Å². The number of aliphatic carboxylic acids is 1. The molecule has 120 valence electrons. The number of hydrogen-bond acceptors (Lipinski definition) is 3. The van der Waals surface area contributed by atoms with Gasteiger partial charge < -0.3 is 15.2 Å². The highest BCUT2D eigenvalue weighted by Gasteiger charge is 2.32. The highest BCUT2D eigenvalue weighted by Crippen LogP contribution is 2.36. The summed E-state index contributed by atoms with van der Waals surface area (Å²) in [5.41, 5.74) is 3.57. The Bertz CT molecular complexity index is 566. The van der Waals surface area contributed by atoms with E-state index in [1.165, 1.54) is 30.4 Å². The fourth-order valence-electron chi connectivity index (χ4n) is 3.24. The lowest BCUT2D eigenvalue weighted by Crippen LogP contribution is -2.21. The molecule has 3 rings (SSSR count). The van der Waals surface area contributed by atoms with Crippen molar-refractivity contribution in [2.75, 3.05) is 13.2 Å². The van der Waals surface area contributed by atoms with Crippen LogP contribution < -0.4 is 10.1 Å². The van der Waals surface area contributed by atoms with Crippen molar-refractivity contribution in [2.45, 2.75) is 45.6 Å². The van der Waals surface area contributed by atoms with Gasteiger partial charge in [0.05, 0.1) is 12.5 Å². The third-order valence-corrected chi connectivity index (χ3v) is 5.18. The minimum absolute atomic E-state index is 0.0804. The summed E-state index contributed by atoms with van der Waals surface area (Å²) in [4.78, 5) is 11.2. The van der Waals surface area contributed by atoms with Crippen molar-refractivity contribution in [1.29, 1.82) is 0 Å². The highest BCUT2D eigenvalue weighted by molar-refractivity contribution is 5.71. The van der Waals surface area contributed by atoms with Gasteiger partial charge in [-0.2, -0.15) is 0 Å². The third-order valence-electron chi connectivity index (χ3n) is 5.18. The average Bonchev–Trinajstić information content (AvgIpc) is 2.90. The van der Waals surface area contributed by atoms with E-state index < -0.39 is 5.97 Å². The maximum absolute atomic E-state index is 11.2. The Kier molecular flexibility index (Phi) is 4.39. The summed E-state index contributed by atoms with van der Waals surface area (Å²) in [5, 5.41) is 12.5. The third kappa shape index (κ3) is 3.12. The molecule has 1 aromatic rings. The summed E-state index contributed by atoms with van der Waals surface area (Å²) < 4.78 is 6.10. The Morgan fingerprint density at radius 1 is 1.32 bits per heavy atom. The second kappa shape index (κ2) is 6.29. The summed E-state index contributed by atoms with van der Waals surface area (Å²) >= 11 is 0. The zero-order chi connectivity index (χ0) is 15.7. The van der Waals surface area contributed by atoms with Crippen molar-refractivity contribution in [3.8, 4) is 5.75 Å². The maximum Gasteiger partial charge on any atom is 0.307 e. The van der Waals surface area contributed by atoms with Crippen LogP contribution in [0.4, 0.5) is 0 Å². The molecule has 1 aliphatic heterocycles. The first-order valence-corrected chi connectivity index (χ1v) is 8.24. The monoisotopic (exact) mass is 303 g/mol. The number of benzene rings is 1. The topological polar surface area (TPSA) is 58.6 Å². The number of hydrogen-bond donors (Lipinski definition) is 2. The van der Waals surface area contributed by atoms with Crippen molar-refractivity contribution >= 4 is 5.97 Å². The Morgan fingerprint density at radius 2 is 2.05 bits per heavy atom. The van der Waals surface area contributed by atoms with Crippen molar-refractivity contribution < 1.29 is 14.6 Å². The standard InChI is InChI=1S/C18H25NO3/c1-11-6-15(16-8-14(9-19-16)18(20)21)17(7-12(11)2)22-10-13-4-3-5-13/h6-7,13-14,16,19H,3-5,8-10H2,1-2H3,(H,20,21). The zero-order valence-corrected chi connectivity index (χ0v) is 13.4. The second-order valence-corrected chi connectivity index (χ2v) is 6.81. The summed E-state index contributed by atoms with van der Waals surface area (Å²) in [6, 6.07) is 4.35. The number of ether oxygens (including phenoxy) is 1. The lowest BCUT2D eigenvalue weighted by Gasteiger charge is -2.27. The normalized spacial score (nSPS) is 25.0. The predicted molar refractivity (Wildman–Crippen MR) is 85.2 cm³/mol. The molecule has 0 radical (unpaired) electrons. The summed E-state index contributed by atoms with van der Waals surface area (Å²) in [6.07, 6.45) is 4.49. The molecule has 0 spiro atoms. The molecule has 1 saturated heterocycles. The van der Waals surface area contributed by atoms with E-state index in [1.54, 1.807) is 0 Å². The minimum atomic E-state index is -0.712. The van der Waals surface area contributed by atoms with Crippen LogP contribution in [0.3, 0.4) is 0 Å². The molecule has 2 aliphatic rings. The fourth-order valence-corrected chi connectivity index (χ4v) is 3.24. The molecule has 2 atom stereocenters. The van der Waals surface area contributed by atoms with Crippen LogP contribution in [0.1, 0.15) is 48.4 Å². The van der Waals surface area contributed by atoms with Crippen LogP contribution in [-0.4, -0.2) is 24.2 Å². The lowest BCUT2D eigenvalue weighted by atomic mass is 9.86. The molecular formula is C18H25NO3. The molecule has 1 aliphatic carbocycles. The van der Waals surface area contributed by atoms with Crippen LogP contribution in [-0.2, 0) is 4.79 Å². The predicted octanol–water partition coefficient (Wildman–Crippen LogP) is 3.22. The van der Waals surface area contributed by atoms with Gasteiger partial charge >= 0.3 is 5.97 Å². The van der Waals surface area contributed by atoms with Gasteiger partial charge in [-0.3, -0.25) is 4.79 Å². The molecule has 4 heteroatoms. The summed E-state index contributed by atoms with van der Waals surface area (Å²) in [5.74, 6) is 0.609. The van der Waals surface area contributed by atoms with Gasteiger partial charge in [0, 0.05) is 18.2 Å². The molecule has 1 aromatic carbocycles. The van der Waals surface area contributed by atoms with Crippen molar-refractivity contribution in [3.63, 3.8) is 0 Å². The van der Waals surface area contributed by atoms with Crippen LogP contribution in [0, 0.1) is 25.7 Å². The average molecular weight is 303 g/mol. The van der Waals surface area contributed by atoms with E-state index >= 15 is 0 Å². The van der Waals surface area contributed by atoms with Crippen LogP contribution in [0.25, 0.3) is 0 Å². The zero-order valence-electron chi connectivity index (χ0n) is 13.4. The fraction of sp³-hybridized carbons (Fsp3) is 0.611. The van der Waals surface area contributed by atoms with Gasteiger partial charge in [0.1, 0.15) is 5.75 Å². The van der Waals surface area contributed by atoms with Crippen LogP contribution in [0.2, 0.25) is 0 Å². The Labute approximate surface area is 131 Å². The molecule has 0 bridgehead atoms. The summed E-state index contributed by atoms with van der Waals surface area (Å²) in [7, 11) is 0. The van der Waals surface area contributed by atoms with E-state index in [1.807, 2.05) is 0 Å². The largest absolute Gasteiger partial charge is 0.493 e. The minimum Gasteiger partial charge on any atom is -0.493 e. The maximum atomic E-state index is 11.2. The van der Waals surface area contributed by atoms with Crippen LogP contribution >= 0.6 is 0 Å². The molecule has 0 aromatic heterocycles. The smallest absolute Gasteiger partial charge is 0.307 e. The lowest BCUT2D eigenvalue weighted by molar-refractivity contribution is -0.141. The molecule has 1 saturated carbocycles. The Balaban J connectivity index is 1.78. The number of carboxylic acid groups (broad SMARTS) is 1. The van der Waals surface area contributed by atoms with Gasteiger partial charge in [-0.05, 0) is 56.2 Å². The molecule has 22 heavy (non-hydrogen) atoms. The van der Waals surface area contributed by atoms with Gasteiger partial charge in [-0.1, -0.05) is 12.5 Å². The quantitative estimate of drug-likeness (QED) is 0.877.